The summed E-state index contributed by atoms with van der Waals surface area (Å²) < 4.78 is 6.91. The number of ether oxygens (including phenoxy) is 1. The number of aromatic nitrogens is 4. The maximum Gasteiger partial charge on any atom is 0.307 e. The number of hydrogen-bond donors (Lipinski definition) is 0. The van der Waals surface area contributed by atoms with Crippen LogP contribution < -0.4 is 0 Å². The van der Waals surface area contributed by atoms with Crippen molar-refractivity contribution in [1.29, 1.82) is 0 Å². The normalized spacial score (nSPS) is 21.0. The third-order valence-electron chi connectivity index (χ3n) is 6.26. The molecule has 30 heavy (non-hydrogen) atoms. The molecule has 2 fully saturated rings. The van der Waals surface area contributed by atoms with Crippen molar-refractivity contribution in [2.75, 3.05) is 26.2 Å². The smallest absolute Gasteiger partial charge is 0.307 e. The van der Waals surface area contributed by atoms with E-state index in [1.165, 1.54) is 12.8 Å². The molecule has 1 aromatic rings. The number of amides is 1. The van der Waals surface area contributed by atoms with Crippen molar-refractivity contribution >= 4 is 11.9 Å². The van der Waals surface area contributed by atoms with Gasteiger partial charge in [0.25, 0.3) is 0 Å². The first kappa shape index (κ1) is 22.7. The first-order chi connectivity index (χ1) is 14.6. The second-order valence-corrected chi connectivity index (χ2v) is 8.63. The minimum absolute atomic E-state index is 0.0320. The summed E-state index contributed by atoms with van der Waals surface area (Å²) >= 11 is 0. The van der Waals surface area contributed by atoms with Gasteiger partial charge in [-0.15, -0.1) is 5.10 Å². The van der Waals surface area contributed by atoms with Crippen molar-refractivity contribution in [3.63, 3.8) is 0 Å². The van der Waals surface area contributed by atoms with E-state index in [4.69, 9.17) is 4.74 Å². The van der Waals surface area contributed by atoms with Crippen LogP contribution in [-0.2, 0) is 27.4 Å². The van der Waals surface area contributed by atoms with Crippen molar-refractivity contribution in [1.82, 2.24) is 30.0 Å². The molecule has 1 atom stereocenters. The van der Waals surface area contributed by atoms with Crippen LogP contribution in [0.25, 0.3) is 0 Å². The first-order valence-electron chi connectivity index (χ1n) is 11.5. The molecule has 0 N–H and O–H groups in total. The molecule has 0 radical (unpaired) electrons. The zero-order chi connectivity index (χ0) is 21.3. The Hall–Kier alpha value is -2.03. The highest BCUT2D eigenvalue weighted by atomic mass is 16.5. The summed E-state index contributed by atoms with van der Waals surface area (Å²) in [6.07, 6.45) is 6.79. The predicted molar refractivity (Wildman–Crippen MR) is 111 cm³/mol. The van der Waals surface area contributed by atoms with Crippen LogP contribution in [0.2, 0.25) is 0 Å². The van der Waals surface area contributed by atoms with Gasteiger partial charge in [0.05, 0.1) is 19.6 Å². The Labute approximate surface area is 179 Å². The number of nitrogens with zero attached hydrogens (tertiary/aromatic N) is 6. The summed E-state index contributed by atoms with van der Waals surface area (Å²) in [5.74, 6) is 1.57. The molecule has 1 aromatic heterocycles. The quantitative estimate of drug-likeness (QED) is 0.564. The third-order valence-corrected chi connectivity index (χ3v) is 6.26. The molecule has 0 aromatic carbocycles. The fourth-order valence-corrected chi connectivity index (χ4v) is 4.41. The number of carbonyl (C=O) groups excluding carboxylic acids is 2. The van der Waals surface area contributed by atoms with E-state index in [-0.39, 0.29) is 17.9 Å². The van der Waals surface area contributed by atoms with E-state index >= 15 is 0 Å². The molecule has 0 spiro atoms. The Morgan fingerprint density at radius 1 is 1.13 bits per heavy atom. The number of esters is 1. The molecule has 9 nitrogen and oxygen atoms in total. The fourth-order valence-electron chi connectivity index (χ4n) is 4.41. The van der Waals surface area contributed by atoms with E-state index in [1.807, 2.05) is 9.58 Å². The van der Waals surface area contributed by atoms with Crippen LogP contribution in [0.5, 0.6) is 0 Å². The average molecular weight is 421 g/mol. The molecule has 0 aliphatic carbocycles. The number of rotatable bonds is 9. The molecule has 0 bridgehead atoms. The lowest BCUT2D eigenvalue weighted by Gasteiger charge is -2.35. The molecule has 3 rings (SSSR count). The molecular formula is C21H36N6O3. The second-order valence-electron chi connectivity index (χ2n) is 8.63. The molecule has 0 unspecified atom stereocenters. The van der Waals surface area contributed by atoms with Gasteiger partial charge in [-0.1, -0.05) is 6.92 Å². The molecule has 168 valence electrons. The van der Waals surface area contributed by atoms with Crippen LogP contribution in [0.1, 0.15) is 71.0 Å². The van der Waals surface area contributed by atoms with Crippen molar-refractivity contribution < 1.29 is 14.3 Å². The van der Waals surface area contributed by atoms with E-state index in [0.29, 0.717) is 32.4 Å². The summed E-state index contributed by atoms with van der Waals surface area (Å²) in [4.78, 5) is 29.0. The number of piperidine rings is 2. The highest BCUT2D eigenvalue weighted by Crippen LogP contribution is 2.22. The van der Waals surface area contributed by atoms with E-state index in [0.717, 1.165) is 57.2 Å². The summed E-state index contributed by atoms with van der Waals surface area (Å²) in [5, 5.41) is 12.2. The lowest BCUT2D eigenvalue weighted by molar-refractivity contribution is -0.146. The SMILES string of the molecule is CCOC(=O)C[C@@H]1CCCCN1C(=O)CCCn1nnnc1CN1CCC(C)CC1. The van der Waals surface area contributed by atoms with Crippen molar-refractivity contribution in [3.05, 3.63) is 5.82 Å². The van der Waals surface area contributed by atoms with Gasteiger partial charge in [-0.3, -0.25) is 14.5 Å². The largest absolute Gasteiger partial charge is 0.466 e. The lowest BCUT2D eigenvalue weighted by Crippen LogP contribution is -2.45. The van der Waals surface area contributed by atoms with Crippen LogP contribution >= 0.6 is 0 Å². The van der Waals surface area contributed by atoms with Crippen LogP contribution in [0, 0.1) is 5.92 Å². The van der Waals surface area contributed by atoms with Crippen LogP contribution in [0.3, 0.4) is 0 Å². The van der Waals surface area contributed by atoms with Crippen molar-refractivity contribution in [2.45, 2.75) is 84.3 Å². The molecule has 2 saturated heterocycles. The van der Waals surface area contributed by atoms with Gasteiger partial charge < -0.3 is 9.64 Å². The fraction of sp³-hybridized carbons (Fsp3) is 0.857. The molecular weight excluding hydrogens is 384 g/mol. The molecule has 0 saturated carbocycles. The summed E-state index contributed by atoms with van der Waals surface area (Å²) in [7, 11) is 0. The average Bonchev–Trinajstić information content (AvgIpc) is 3.17. The zero-order valence-electron chi connectivity index (χ0n) is 18.5. The second kappa shape index (κ2) is 11.4. The lowest BCUT2D eigenvalue weighted by atomic mass is 9.98. The van der Waals surface area contributed by atoms with E-state index in [9.17, 15) is 9.59 Å². The Morgan fingerprint density at radius 3 is 2.70 bits per heavy atom. The standard InChI is InChI=1S/C21H36N6O3/c1-3-30-21(29)15-18-7-4-5-11-26(18)20(28)8-6-12-27-19(22-23-24-27)16-25-13-9-17(2)10-14-25/h17-18H,3-16H2,1-2H3/t18-/m0/s1. The Morgan fingerprint density at radius 2 is 1.93 bits per heavy atom. The van der Waals surface area contributed by atoms with Gasteiger partial charge >= 0.3 is 5.97 Å². The zero-order valence-corrected chi connectivity index (χ0v) is 18.5. The summed E-state index contributed by atoms with van der Waals surface area (Å²) in [5.41, 5.74) is 0. The number of carbonyl (C=O) groups is 2. The topological polar surface area (TPSA) is 93.5 Å². The van der Waals surface area contributed by atoms with Gasteiger partial charge in [0.2, 0.25) is 5.91 Å². The van der Waals surface area contributed by atoms with Crippen molar-refractivity contribution in [2.24, 2.45) is 5.92 Å². The van der Waals surface area contributed by atoms with Crippen LogP contribution in [-0.4, -0.2) is 74.2 Å². The van der Waals surface area contributed by atoms with E-state index < -0.39 is 0 Å². The van der Waals surface area contributed by atoms with Gasteiger partial charge in [-0.05, 0) is 74.9 Å². The Kier molecular flexibility index (Phi) is 8.60. The van der Waals surface area contributed by atoms with E-state index in [2.05, 4.69) is 27.3 Å². The highest BCUT2D eigenvalue weighted by Gasteiger charge is 2.28. The molecule has 2 aliphatic heterocycles. The first-order valence-corrected chi connectivity index (χ1v) is 11.5. The maximum atomic E-state index is 12.8. The minimum Gasteiger partial charge on any atom is -0.466 e. The Bertz CT molecular complexity index is 686. The maximum absolute atomic E-state index is 12.8. The van der Waals surface area contributed by atoms with Gasteiger partial charge in [0.15, 0.2) is 5.82 Å². The molecule has 2 aliphatic rings. The van der Waals surface area contributed by atoms with Crippen molar-refractivity contribution in [3.8, 4) is 0 Å². The van der Waals surface area contributed by atoms with Gasteiger partial charge in [-0.2, -0.15) is 0 Å². The predicted octanol–water partition coefficient (Wildman–Crippen LogP) is 2.02. The number of aryl methyl sites for hydroxylation is 1. The molecule has 3 heterocycles. The number of hydrogen-bond acceptors (Lipinski definition) is 7. The van der Waals surface area contributed by atoms with Gasteiger partial charge in [0, 0.05) is 25.6 Å². The Balaban J connectivity index is 1.46. The number of tetrazole rings is 1. The summed E-state index contributed by atoms with van der Waals surface area (Å²) in [6, 6.07) is -0.0320. The van der Waals surface area contributed by atoms with Crippen LogP contribution in [0.4, 0.5) is 0 Å². The molecule has 9 heteroatoms. The van der Waals surface area contributed by atoms with Gasteiger partial charge in [-0.25, -0.2) is 4.68 Å². The summed E-state index contributed by atoms with van der Waals surface area (Å²) in [6.45, 7) is 8.79. The van der Waals surface area contributed by atoms with Crippen LogP contribution in [0.15, 0.2) is 0 Å². The molecule has 1 amide bonds. The third kappa shape index (κ3) is 6.48. The van der Waals surface area contributed by atoms with E-state index in [1.54, 1.807) is 6.92 Å². The van der Waals surface area contributed by atoms with Gasteiger partial charge in [0.1, 0.15) is 0 Å². The minimum atomic E-state index is -0.215. The monoisotopic (exact) mass is 420 g/mol. The highest BCUT2D eigenvalue weighted by molar-refractivity contribution is 5.78. The number of likely N-dealkylation sites (tertiary alicyclic amines) is 2.